The average Bonchev–Trinajstić information content (AvgIpc) is 3.06. The van der Waals surface area contributed by atoms with E-state index in [1.54, 1.807) is 30.7 Å². The molecule has 0 aliphatic heterocycles. The lowest BCUT2D eigenvalue weighted by Gasteiger charge is -2.13. The van der Waals surface area contributed by atoms with Crippen molar-refractivity contribution in [3.05, 3.63) is 48.3 Å². The summed E-state index contributed by atoms with van der Waals surface area (Å²) in [6, 6.07) is 6.93. The molecule has 2 amide bonds. The highest BCUT2D eigenvalue weighted by Crippen LogP contribution is 2.18. The third-order valence-electron chi connectivity index (χ3n) is 3.24. The zero-order chi connectivity index (χ0) is 17.7. The van der Waals surface area contributed by atoms with Crippen LogP contribution in [0.25, 0.3) is 0 Å². The molecule has 2 aromatic rings. The van der Waals surface area contributed by atoms with Crippen LogP contribution in [0.3, 0.4) is 0 Å². The monoisotopic (exact) mass is 340 g/mol. The second-order valence-corrected chi connectivity index (χ2v) is 5.03. The molecule has 1 aromatic heterocycles. The third-order valence-corrected chi connectivity index (χ3v) is 3.24. The number of benzene rings is 1. The lowest BCUT2D eigenvalue weighted by molar-refractivity contribution is -0.167. The van der Waals surface area contributed by atoms with E-state index in [-0.39, 0.29) is 18.1 Å². The van der Waals surface area contributed by atoms with E-state index >= 15 is 0 Å². The van der Waals surface area contributed by atoms with E-state index in [4.69, 9.17) is 0 Å². The maximum absolute atomic E-state index is 12.1. The summed E-state index contributed by atoms with van der Waals surface area (Å²) >= 11 is 0. The Morgan fingerprint density at radius 1 is 1.25 bits per heavy atom. The van der Waals surface area contributed by atoms with Gasteiger partial charge in [-0.3, -0.25) is 14.3 Å². The molecule has 1 atom stereocenters. The molecule has 6 nitrogen and oxygen atoms in total. The van der Waals surface area contributed by atoms with Crippen LogP contribution in [0, 0.1) is 0 Å². The zero-order valence-electron chi connectivity index (χ0n) is 12.7. The molecule has 0 fully saturated rings. The molecule has 2 N–H and O–H groups in total. The van der Waals surface area contributed by atoms with Crippen molar-refractivity contribution in [3.63, 3.8) is 0 Å². The van der Waals surface area contributed by atoms with E-state index in [0.29, 0.717) is 5.56 Å². The second kappa shape index (κ2) is 7.16. The molecule has 0 saturated heterocycles. The number of aromatic nitrogens is 2. The maximum Gasteiger partial charge on any atom is 0.471 e. The SMILES string of the molecule is CC(C(=O)NCc1ccc(NC(=O)C(F)(F)F)cc1)n1cccn1. The first-order valence-corrected chi connectivity index (χ1v) is 7.01. The summed E-state index contributed by atoms with van der Waals surface area (Å²) in [7, 11) is 0. The predicted molar refractivity (Wildman–Crippen MR) is 79.9 cm³/mol. The van der Waals surface area contributed by atoms with Crippen LogP contribution < -0.4 is 10.6 Å². The predicted octanol–water partition coefficient (Wildman–Crippen LogP) is 2.26. The first-order valence-electron chi connectivity index (χ1n) is 7.01. The van der Waals surface area contributed by atoms with Crippen LogP contribution in [0.2, 0.25) is 0 Å². The Kier molecular flexibility index (Phi) is 5.22. The van der Waals surface area contributed by atoms with Gasteiger partial charge in [-0.25, -0.2) is 0 Å². The van der Waals surface area contributed by atoms with Gasteiger partial charge in [-0.1, -0.05) is 12.1 Å². The number of halogens is 3. The number of carbonyl (C=O) groups excluding carboxylic acids is 2. The van der Waals surface area contributed by atoms with Gasteiger partial charge in [-0.2, -0.15) is 18.3 Å². The van der Waals surface area contributed by atoms with Crippen molar-refractivity contribution in [1.29, 1.82) is 0 Å². The van der Waals surface area contributed by atoms with Crippen molar-refractivity contribution in [1.82, 2.24) is 15.1 Å². The Bertz CT molecular complexity index is 697. The number of nitrogens with one attached hydrogen (secondary N) is 2. The molecule has 0 radical (unpaired) electrons. The van der Waals surface area contributed by atoms with Gasteiger partial charge in [0.25, 0.3) is 0 Å². The topological polar surface area (TPSA) is 76.0 Å². The number of carbonyl (C=O) groups is 2. The first kappa shape index (κ1) is 17.5. The average molecular weight is 340 g/mol. The summed E-state index contributed by atoms with van der Waals surface area (Å²) in [6.45, 7) is 1.90. The van der Waals surface area contributed by atoms with Crippen molar-refractivity contribution in [2.24, 2.45) is 0 Å². The third kappa shape index (κ3) is 4.58. The Hall–Kier alpha value is -2.84. The molecule has 0 bridgehead atoms. The van der Waals surface area contributed by atoms with Crippen LogP contribution in [0.5, 0.6) is 0 Å². The Morgan fingerprint density at radius 2 is 1.92 bits per heavy atom. The van der Waals surface area contributed by atoms with Gasteiger partial charge in [0.05, 0.1) is 0 Å². The molecule has 24 heavy (non-hydrogen) atoms. The maximum atomic E-state index is 12.1. The van der Waals surface area contributed by atoms with Gasteiger partial charge in [0.15, 0.2) is 0 Å². The molecule has 1 unspecified atom stereocenters. The molecule has 0 spiro atoms. The molecule has 0 saturated carbocycles. The molecule has 1 aromatic carbocycles. The van der Waals surface area contributed by atoms with Crippen LogP contribution in [0.4, 0.5) is 18.9 Å². The molecular weight excluding hydrogens is 325 g/mol. The fourth-order valence-electron chi connectivity index (χ4n) is 1.87. The van der Waals surface area contributed by atoms with Crippen LogP contribution >= 0.6 is 0 Å². The van der Waals surface area contributed by atoms with Crippen molar-refractivity contribution < 1.29 is 22.8 Å². The minimum absolute atomic E-state index is 0.0253. The number of amides is 2. The number of alkyl halides is 3. The van der Waals surface area contributed by atoms with Crippen molar-refractivity contribution in [2.75, 3.05) is 5.32 Å². The summed E-state index contributed by atoms with van der Waals surface area (Å²) in [4.78, 5) is 22.8. The lowest BCUT2D eigenvalue weighted by Crippen LogP contribution is -2.31. The summed E-state index contributed by atoms with van der Waals surface area (Å²) in [6.07, 6.45) is -1.70. The molecule has 9 heteroatoms. The van der Waals surface area contributed by atoms with E-state index in [0.717, 1.165) is 0 Å². The Balaban J connectivity index is 1.88. The standard InChI is InChI=1S/C15H15F3N4O2/c1-10(22-8-2-7-20-22)13(23)19-9-11-3-5-12(6-4-11)21-14(24)15(16,17)18/h2-8,10H,9H2,1H3,(H,19,23)(H,21,24). The van der Waals surface area contributed by atoms with Crippen LogP contribution in [-0.4, -0.2) is 27.8 Å². The van der Waals surface area contributed by atoms with Crippen molar-refractivity contribution >= 4 is 17.5 Å². The largest absolute Gasteiger partial charge is 0.471 e. The van der Waals surface area contributed by atoms with E-state index in [2.05, 4.69) is 10.4 Å². The van der Waals surface area contributed by atoms with E-state index in [9.17, 15) is 22.8 Å². The molecular formula is C15H15F3N4O2. The minimum atomic E-state index is -4.94. The normalized spacial score (nSPS) is 12.5. The highest BCUT2D eigenvalue weighted by Gasteiger charge is 2.38. The van der Waals surface area contributed by atoms with Gasteiger partial charge >= 0.3 is 12.1 Å². The quantitative estimate of drug-likeness (QED) is 0.877. The second-order valence-electron chi connectivity index (χ2n) is 5.03. The number of hydrogen-bond donors (Lipinski definition) is 2. The number of nitrogens with zero attached hydrogens (tertiary/aromatic N) is 2. The van der Waals surface area contributed by atoms with Crippen LogP contribution in [0.1, 0.15) is 18.5 Å². The van der Waals surface area contributed by atoms with Gasteiger partial charge in [0.1, 0.15) is 6.04 Å². The highest BCUT2D eigenvalue weighted by molar-refractivity contribution is 5.94. The van der Waals surface area contributed by atoms with E-state index < -0.39 is 18.1 Å². The minimum Gasteiger partial charge on any atom is -0.350 e. The van der Waals surface area contributed by atoms with Gasteiger partial charge < -0.3 is 10.6 Å². The molecule has 0 aliphatic carbocycles. The molecule has 2 rings (SSSR count). The summed E-state index contributed by atoms with van der Waals surface area (Å²) < 4.78 is 38.0. The summed E-state index contributed by atoms with van der Waals surface area (Å²) in [5.74, 6) is -2.27. The number of hydrogen-bond acceptors (Lipinski definition) is 3. The van der Waals surface area contributed by atoms with Crippen LogP contribution in [0.15, 0.2) is 42.7 Å². The summed E-state index contributed by atoms with van der Waals surface area (Å²) in [5, 5.41) is 8.43. The van der Waals surface area contributed by atoms with Gasteiger partial charge in [-0.05, 0) is 30.7 Å². The van der Waals surface area contributed by atoms with E-state index in [1.807, 2.05) is 0 Å². The molecule has 0 aliphatic rings. The van der Waals surface area contributed by atoms with Crippen molar-refractivity contribution in [2.45, 2.75) is 25.7 Å². The number of anilines is 1. The number of rotatable bonds is 5. The first-order chi connectivity index (χ1) is 11.3. The Morgan fingerprint density at radius 3 is 2.46 bits per heavy atom. The molecule has 128 valence electrons. The lowest BCUT2D eigenvalue weighted by atomic mass is 10.2. The molecule has 1 heterocycles. The fraction of sp³-hybridized carbons (Fsp3) is 0.267. The van der Waals surface area contributed by atoms with Gasteiger partial charge in [0, 0.05) is 24.6 Å². The van der Waals surface area contributed by atoms with Crippen LogP contribution in [-0.2, 0) is 16.1 Å². The van der Waals surface area contributed by atoms with E-state index in [1.165, 1.54) is 28.9 Å². The van der Waals surface area contributed by atoms with Gasteiger partial charge in [0.2, 0.25) is 5.91 Å². The fourth-order valence-corrected chi connectivity index (χ4v) is 1.87. The zero-order valence-corrected chi connectivity index (χ0v) is 12.7. The van der Waals surface area contributed by atoms with Gasteiger partial charge in [-0.15, -0.1) is 0 Å². The Labute approximate surface area is 135 Å². The van der Waals surface area contributed by atoms with Crippen molar-refractivity contribution in [3.8, 4) is 0 Å². The smallest absolute Gasteiger partial charge is 0.350 e. The highest BCUT2D eigenvalue weighted by atomic mass is 19.4. The summed E-state index contributed by atoms with van der Waals surface area (Å²) in [5.41, 5.74) is 0.707.